The number of rotatable bonds is 1. The van der Waals surface area contributed by atoms with Crippen LogP contribution >= 0.6 is 0 Å². The Kier molecular flexibility index (Phi) is 3.72. The highest BCUT2D eigenvalue weighted by Gasteiger charge is 2.22. The molecule has 0 fully saturated rings. The maximum Gasteiger partial charge on any atom is 0.414 e. The molecule has 1 aromatic carbocycles. The summed E-state index contributed by atoms with van der Waals surface area (Å²) in [6.45, 7) is 5.19. The molecule has 0 saturated carbocycles. The lowest BCUT2D eigenvalue weighted by Crippen LogP contribution is -2.34. The van der Waals surface area contributed by atoms with Gasteiger partial charge in [0.15, 0.2) is 0 Å². The molecule has 0 atom stereocenters. The van der Waals surface area contributed by atoms with E-state index in [9.17, 15) is 14.0 Å². The molecule has 112 valence electrons. The van der Waals surface area contributed by atoms with Gasteiger partial charge in [-0.2, -0.15) is 0 Å². The van der Waals surface area contributed by atoms with Crippen molar-refractivity contribution >= 4 is 22.6 Å². The summed E-state index contributed by atoms with van der Waals surface area (Å²) >= 11 is 0. The molecule has 0 bridgehead atoms. The van der Waals surface area contributed by atoms with Crippen LogP contribution in [0.15, 0.2) is 29.2 Å². The third kappa shape index (κ3) is 3.39. The molecular formula is C15H17FN2O3. The highest BCUT2D eigenvalue weighted by Crippen LogP contribution is 2.25. The lowest BCUT2D eigenvalue weighted by atomic mass is 10.1. The number of nitrogens with zero attached hydrogens (tertiary/aromatic N) is 1. The minimum absolute atomic E-state index is 0.0577. The zero-order valence-electron chi connectivity index (χ0n) is 12.4. The summed E-state index contributed by atoms with van der Waals surface area (Å²) in [5, 5.41) is 1.10. The van der Waals surface area contributed by atoms with Crippen LogP contribution in [0.25, 0.3) is 10.8 Å². The van der Waals surface area contributed by atoms with E-state index >= 15 is 0 Å². The minimum atomic E-state index is -0.671. The molecule has 0 radical (unpaired) electrons. The molecule has 0 saturated heterocycles. The van der Waals surface area contributed by atoms with E-state index in [4.69, 9.17) is 4.74 Å². The van der Waals surface area contributed by atoms with Crippen molar-refractivity contribution in [1.82, 2.24) is 4.98 Å². The normalized spacial score (nSPS) is 11.5. The number of hydrogen-bond donors (Lipinski definition) is 1. The zero-order valence-corrected chi connectivity index (χ0v) is 12.4. The number of benzene rings is 1. The smallest absolute Gasteiger partial charge is 0.414 e. The Labute approximate surface area is 121 Å². The van der Waals surface area contributed by atoms with Crippen LogP contribution in [0.3, 0.4) is 0 Å². The van der Waals surface area contributed by atoms with Gasteiger partial charge in [0.05, 0.1) is 5.69 Å². The average molecular weight is 292 g/mol. The van der Waals surface area contributed by atoms with Crippen LogP contribution in [0, 0.1) is 5.82 Å². The summed E-state index contributed by atoms with van der Waals surface area (Å²) in [7, 11) is 1.42. The van der Waals surface area contributed by atoms with Crippen LogP contribution < -0.4 is 10.5 Å². The third-order valence-electron chi connectivity index (χ3n) is 2.84. The van der Waals surface area contributed by atoms with Gasteiger partial charge in [0.2, 0.25) is 5.56 Å². The molecule has 2 aromatic rings. The average Bonchev–Trinajstić information content (AvgIpc) is 2.35. The molecule has 2 rings (SSSR count). The molecule has 1 aromatic heterocycles. The minimum Gasteiger partial charge on any atom is -0.443 e. The van der Waals surface area contributed by atoms with Crippen molar-refractivity contribution in [3.8, 4) is 0 Å². The first-order valence-corrected chi connectivity index (χ1v) is 6.46. The van der Waals surface area contributed by atoms with Crippen molar-refractivity contribution in [3.05, 3.63) is 40.6 Å². The summed E-state index contributed by atoms with van der Waals surface area (Å²) in [4.78, 5) is 26.9. The van der Waals surface area contributed by atoms with E-state index in [2.05, 4.69) is 4.98 Å². The summed E-state index contributed by atoms with van der Waals surface area (Å²) in [5.41, 5.74) is -0.905. The fourth-order valence-electron chi connectivity index (χ4n) is 1.86. The Bertz CT molecular complexity index is 747. The lowest BCUT2D eigenvalue weighted by molar-refractivity contribution is 0.0588. The van der Waals surface area contributed by atoms with E-state index in [1.165, 1.54) is 31.4 Å². The number of nitrogens with one attached hydrogen (secondary N) is 1. The fraction of sp³-hybridized carbons (Fsp3) is 0.333. The summed E-state index contributed by atoms with van der Waals surface area (Å²) in [6.07, 6.45) is 0.767. The molecular weight excluding hydrogens is 275 g/mol. The summed E-state index contributed by atoms with van der Waals surface area (Å²) in [6, 6.07) is 4.06. The number of halogens is 1. The number of pyridine rings is 1. The van der Waals surface area contributed by atoms with Gasteiger partial charge in [0.25, 0.3) is 0 Å². The van der Waals surface area contributed by atoms with Crippen molar-refractivity contribution < 1.29 is 13.9 Å². The number of aromatic amines is 1. The maximum atomic E-state index is 14.1. The van der Waals surface area contributed by atoms with E-state index < -0.39 is 17.5 Å². The maximum absolute atomic E-state index is 14.1. The molecule has 0 unspecified atom stereocenters. The number of carbonyl (C=O) groups is 1. The predicted molar refractivity (Wildman–Crippen MR) is 79.2 cm³/mol. The molecule has 5 nitrogen and oxygen atoms in total. The van der Waals surface area contributed by atoms with E-state index in [0.29, 0.717) is 10.8 Å². The van der Waals surface area contributed by atoms with Crippen molar-refractivity contribution in [3.63, 3.8) is 0 Å². The molecule has 6 heteroatoms. The van der Waals surface area contributed by atoms with Gasteiger partial charge >= 0.3 is 6.09 Å². The second-order valence-corrected chi connectivity index (χ2v) is 5.77. The Morgan fingerprint density at radius 3 is 2.52 bits per heavy atom. The van der Waals surface area contributed by atoms with Gasteiger partial charge in [-0.15, -0.1) is 0 Å². The number of carbonyl (C=O) groups excluding carboxylic acids is 1. The van der Waals surface area contributed by atoms with E-state index in [1.807, 2.05) is 0 Å². The van der Waals surface area contributed by atoms with Crippen LogP contribution in [0.2, 0.25) is 0 Å². The molecule has 0 aliphatic carbocycles. The Morgan fingerprint density at radius 2 is 1.90 bits per heavy atom. The third-order valence-corrected chi connectivity index (χ3v) is 2.84. The Balaban J connectivity index is 2.43. The fourth-order valence-corrected chi connectivity index (χ4v) is 1.86. The largest absolute Gasteiger partial charge is 0.443 e. The number of aromatic nitrogens is 1. The van der Waals surface area contributed by atoms with Gasteiger partial charge in [-0.3, -0.25) is 9.69 Å². The number of anilines is 1. The van der Waals surface area contributed by atoms with Crippen molar-refractivity contribution in [2.75, 3.05) is 11.9 Å². The molecule has 1 heterocycles. The Hall–Kier alpha value is -2.37. The summed E-state index contributed by atoms with van der Waals surface area (Å²) in [5.74, 6) is -0.567. The van der Waals surface area contributed by atoms with E-state index in [1.54, 1.807) is 20.8 Å². The number of fused-ring (bicyclic) bond motifs is 1. The predicted octanol–water partition coefficient (Wildman–Crippen LogP) is 3.04. The van der Waals surface area contributed by atoms with Gasteiger partial charge in [0, 0.05) is 24.7 Å². The topological polar surface area (TPSA) is 62.4 Å². The first-order chi connectivity index (χ1) is 9.67. The highest BCUT2D eigenvalue weighted by molar-refractivity contribution is 5.92. The molecule has 0 aliphatic heterocycles. The standard InChI is InChI=1S/C15H17FN2O3/c1-15(2,3)21-14(20)18(4)12-6-9-7-13(19)17-8-10(9)5-11(12)16/h5-8H,1-4H3,(H,17,19). The second kappa shape index (κ2) is 5.20. The second-order valence-electron chi connectivity index (χ2n) is 5.77. The van der Waals surface area contributed by atoms with Crippen LogP contribution in [0.1, 0.15) is 20.8 Å². The quantitative estimate of drug-likeness (QED) is 0.878. The van der Waals surface area contributed by atoms with Gasteiger partial charge in [-0.05, 0) is 38.3 Å². The van der Waals surface area contributed by atoms with Crippen LogP contribution in [-0.4, -0.2) is 23.7 Å². The first kappa shape index (κ1) is 15.0. The van der Waals surface area contributed by atoms with E-state index in [-0.39, 0.29) is 11.2 Å². The van der Waals surface area contributed by atoms with Crippen LogP contribution in [-0.2, 0) is 4.74 Å². The first-order valence-electron chi connectivity index (χ1n) is 6.46. The van der Waals surface area contributed by atoms with Gasteiger partial charge in [-0.25, -0.2) is 9.18 Å². The number of hydrogen-bond acceptors (Lipinski definition) is 3. The molecule has 1 amide bonds. The highest BCUT2D eigenvalue weighted by atomic mass is 19.1. The number of amides is 1. The Morgan fingerprint density at radius 1 is 1.24 bits per heavy atom. The molecule has 1 N–H and O–H groups in total. The molecule has 0 aliphatic rings. The van der Waals surface area contributed by atoms with Crippen molar-refractivity contribution in [2.24, 2.45) is 0 Å². The van der Waals surface area contributed by atoms with Crippen LogP contribution in [0.5, 0.6) is 0 Å². The van der Waals surface area contributed by atoms with Gasteiger partial charge < -0.3 is 9.72 Å². The molecule has 21 heavy (non-hydrogen) atoms. The zero-order chi connectivity index (χ0) is 15.8. The van der Waals surface area contributed by atoms with Crippen molar-refractivity contribution in [2.45, 2.75) is 26.4 Å². The van der Waals surface area contributed by atoms with Gasteiger partial charge in [-0.1, -0.05) is 0 Å². The van der Waals surface area contributed by atoms with E-state index in [0.717, 1.165) is 4.90 Å². The summed E-state index contributed by atoms with van der Waals surface area (Å²) < 4.78 is 19.3. The molecule has 0 spiro atoms. The van der Waals surface area contributed by atoms with Crippen LogP contribution in [0.4, 0.5) is 14.9 Å². The number of ether oxygens (including phenoxy) is 1. The monoisotopic (exact) mass is 292 g/mol. The number of H-pyrrole nitrogens is 1. The lowest BCUT2D eigenvalue weighted by Gasteiger charge is -2.25. The SMILES string of the molecule is CN(C(=O)OC(C)(C)C)c1cc2cc(=O)[nH]cc2cc1F. The van der Waals surface area contributed by atoms with Gasteiger partial charge in [0.1, 0.15) is 11.4 Å². The van der Waals surface area contributed by atoms with Crippen molar-refractivity contribution in [1.29, 1.82) is 0 Å².